The Kier molecular flexibility index (Phi) is 3.15. The predicted molar refractivity (Wildman–Crippen MR) is 55.6 cm³/mol. The molecule has 0 unspecified atom stereocenters. The summed E-state index contributed by atoms with van der Waals surface area (Å²) in [5, 5.41) is 0. The summed E-state index contributed by atoms with van der Waals surface area (Å²) in [7, 11) is 0. The standard InChI is InChI=1S/C12H22O/c1-9(2)11-5-7-12(4,8-6-11)10(3)13/h9,11H,5-8H2,1-4H3. The van der Waals surface area contributed by atoms with Crippen LogP contribution in [0, 0.1) is 17.3 Å². The largest absolute Gasteiger partial charge is 0.299 e. The van der Waals surface area contributed by atoms with Crippen LogP contribution in [0.2, 0.25) is 0 Å². The van der Waals surface area contributed by atoms with E-state index in [1.54, 1.807) is 6.92 Å². The molecule has 1 saturated carbocycles. The highest BCUT2D eigenvalue weighted by Crippen LogP contribution is 2.41. The maximum absolute atomic E-state index is 11.4. The molecule has 1 fully saturated rings. The number of hydrogen-bond donors (Lipinski definition) is 0. The number of ketones is 1. The van der Waals surface area contributed by atoms with Crippen molar-refractivity contribution in [2.45, 2.75) is 53.4 Å². The second-order valence-electron chi connectivity index (χ2n) is 5.20. The van der Waals surface area contributed by atoms with Crippen LogP contribution in [0.25, 0.3) is 0 Å². The number of Topliss-reactive ketones (excluding diaryl/α,β-unsaturated/α-hetero) is 1. The Labute approximate surface area is 81.9 Å². The first-order valence-corrected chi connectivity index (χ1v) is 5.47. The molecule has 0 N–H and O–H groups in total. The number of rotatable bonds is 2. The summed E-state index contributed by atoms with van der Waals surface area (Å²) >= 11 is 0. The van der Waals surface area contributed by atoms with Crippen molar-refractivity contribution in [3.63, 3.8) is 0 Å². The lowest BCUT2D eigenvalue weighted by atomic mass is 9.67. The highest BCUT2D eigenvalue weighted by Gasteiger charge is 2.35. The maximum Gasteiger partial charge on any atom is 0.135 e. The summed E-state index contributed by atoms with van der Waals surface area (Å²) in [6.45, 7) is 8.46. The van der Waals surface area contributed by atoms with Gasteiger partial charge in [-0.25, -0.2) is 0 Å². The van der Waals surface area contributed by atoms with E-state index >= 15 is 0 Å². The average molecular weight is 182 g/mol. The fourth-order valence-electron chi connectivity index (χ4n) is 2.30. The van der Waals surface area contributed by atoms with E-state index in [0.717, 1.165) is 24.7 Å². The van der Waals surface area contributed by atoms with E-state index in [0.29, 0.717) is 5.78 Å². The van der Waals surface area contributed by atoms with Crippen molar-refractivity contribution in [1.82, 2.24) is 0 Å². The molecule has 0 aromatic rings. The molecule has 0 saturated heterocycles. The van der Waals surface area contributed by atoms with Gasteiger partial charge in [0.2, 0.25) is 0 Å². The van der Waals surface area contributed by atoms with Crippen LogP contribution in [0.4, 0.5) is 0 Å². The van der Waals surface area contributed by atoms with Crippen LogP contribution in [0.5, 0.6) is 0 Å². The van der Waals surface area contributed by atoms with Crippen molar-refractivity contribution in [3.05, 3.63) is 0 Å². The third-order valence-corrected chi connectivity index (χ3v) is 3.93. The van der Waals surface area contributed by atoms with Gasteiger partial charge >= 0.3 is 0 Å². The summed E-state index contributed by atoms with van der Waals surface area (Å²) in [6, 6.07) is 0. The predicted octanol–water partition coefficient (Wildman–Crippen LogP) is 3.43. The van der Waals surface area contributed by atoms with Gasteiger partial charge in [0.15, 0.2) is 0 Å². The van der Waals surface area contributed by atoms with Crippen molar-refractivity contribution in [3.8, 4) is 0 Å². The van der Waals surface area contributed by atoms with Gasteiger partial charge in [0.05, 0.1) is 0 Å². The molecule has 1 aliphatic carbocycles. The molecule has 0 bridgehead atoms. The third-order valence-electron chi connectivity index (χ3n) is 3.93. The Morgan fingerprint density at radius 2 is 1.77 bits per heavy atom. The van der Waals surface area contributed by atoms with Crippen molar-refractivity contribution < 1.29 is 4.79 Å². The van der Waals surface area contributed by atoms with E-state index in [1.807, 2.05) is 0 Å². The quantitative estimate of drug-likeness (QED) is 0.639. The maximum atomic E-state index is 11.4. The van der Waals surface area contributed by atoms with Gasteiger partial charge in [0.1, 0.15) is 5.78 Å². The highest BCUT2D eigenvalue weighted by molar-refractivity contribution is 5.81. The summed E-state index contributed by atoms with van der Waals surface area (Å²) < 4.78 is 0. The lowest BCUT2D eigenvalue weighted by Gasteiger charge is -2.36. The Hall–Kier alpha value is -0.330. The molecule has 13 heavy (non-hydrogen) atoms. The first-order valence-electron chi connectivity index (χ1n) is 5.47. The lowest BCUT2D eigenvalue weighted by molar-refractivity contribution is -0.128. The van der Waals surface area contributed by atoms with Gasteiger partial charge in [-0.2, -0.15) is 0 Å². The molecule has 0 spiro atoms. The van der Waals surface area contributed by atoms with Gasteiger partial charge in [-0.15, -0.1) is 0 Å². The molecule has 0 aromatic carbocycles. The topological polar surface area (TPSA) is 17.1 Å². The summed E-state index contributed by atoms with van der Waals surface area (Å²) in [4.78, 5) is 11.4. The number of carbonyl (C=O) groups is 1. The van der Waals surface area contributed by atoms with E-state index < -0.39 is 0 Å². The molecular weight excluding hydrogens is 160 g/mol. The first kappa shape index (κ1) is 10.7. The van der Waals surface area contributed by atoms with Crippen LogP contribution in [0.15, 0.2) is 0 Å². The monoisotopic (exact) mass is 182 g/mol. The Morgan fingerprint density at radius 3 is 2.08 bits per heavy atom. The minimum Gasteiger partial charge on any atom is -0.299 e. The SMILES string of the molecule is CC(=O)C1(C)CCC(C(C)C)CC1. The van der Waals surface area contributed by atoms with Gasteiger partial charge in [0.25, 0.3) is 0 Å². The smallest absolute Gasteiger partial charge is 0.135 e. The Morgan fingerprint density at radius 1 is 1.31 bits per heavy atom. The molecule has 0 radical (unpaired) electrons. The van der Waals surface area contributed by atoms with Crippen molar-refractivity contribution in [2.24, 2.45) is 17.3 Å². The van der Waals surface area contributed by atoms with Crippen LogP contribution >= 0.6 is 0 Å². The van der Waals surface area contributed by atoms with Crippen LogP contribution in [0.1, 0.15) is 53.4 Å². The average Bonchev–Trinajstić information content (AvgIpc) is 2.04. The van der Waals surface area contributed by atoms with Gasteiger partial charge in [-0.3, -0.25) is 4.79 Å². The van der Waals surface area contributed by atoms with Crippen LogP contribution in [-0.4, -0.2) is 5.78 Å². The van der Waals surface area contributed by atoms with E-state index in [2.05, 4.69) is 20.8 Å². The van der Waals surface area contributed by atoms with Crippen molar-refractivity contribution >= 4 is 5.78 Å². The fraction of sp³-hybridized carbons (Fsp3) is 0.917. The molecule has 0 aliphatic heterocycles. The highest BCUT2D eigenvalue weighted by atomic mass is 16.1. The minimum absolute atomic E-state index is 0.00535. The summed E-state index contributed by atoms with van der Waals surface area (Å²) in [5.41, 5.74) is 0.00535. The van der Waals surface area contributed by atoms with Crippen LogP contribution in [0.3, 0.4) is 0 Å². The lowest BCUT2D eigenvalue weighted by Crippen LogP contribution is -2.32. The number of hydrogen-bond acceptors (Lipinski definition) is 1. The van der Waals surface area contributed by atoms with Gasteiger partial charge < -0.3 is 0 Å². The van der Waals surface area contributed by atoms with E-state index in [4.69, 9.17) is 0 Å². The Balaban J connectivity index is 2.51. The van der Waals surface area contributed by atoms with E-state index in [-0.39, 0.29) is 5.41 Å². The fourth-order valence-corrected chi connectivity index (χ4v) is 2.30. The molecule has 0 heterocycles. The summed E-state index contributed by atoms with van der Waals surface area (Å²) in [5.74, 6) is 2.03. The normalized spacial score (nSPS) is 35.0. The zero-order valence-corrected chi connectivity index (χ0v) is 9.39. The van der Waals surface area contributed by atoms with Crippen LogP contribution < -0.4 is 0 Å². The van der Waals surface area contributed by atoms with E-state index in [9.17, 15) is 4.79 Å². The molecule has 1 aliphatic rings. The van der Waals surface area contributed by atoms with Gasteiger partial charge in [0, 0.05) is 5.41 Å². The summed E-state index contributed by atoms with van der Waals surface area (Å²) in [6.07, 6.45) is 4.69. The van der Waals surface area contributed by atoms with E-state index in [1.165, 1.54) is 12.8 Å². The molecule has 0 atom stereocenters. The molecule has 76 valence electrons. The molecular formula is C12H22O. The van der Waals surface area contributed by atoms with Crippen molar-refractivity contribution in [1.29, 1.82) is 0 Å². The second-order valence-corrected chi connectivity index (χ2v) is 5.20. The zero-order chi connectivity index (χ0) is 10.1. The zero-order valence-electron chi connectivity index (χ0n) is 9.39. The molecule has 1 heteroatoms. The molecule has 0 aromatic heterocycles. The van der Waals surface area contributed by atoms with Gasteiger partial charge in [-0.1, -0.05) is 20.8 Å². The molecule has 0 amide bonds. The molecule has 1 rings (SSSR count). The minimum atomic E-state index is 0.00535. The third kappa shape index (κ3) is 2.32. The Bertz CT molecular complexity index is 185. The second kappa shape index (κ2) is 3.81. The van der Waals surface area contributed by atoms with Crippen molar-refractivity contribution in [2.75, 3.05) is 0 Å². The molecule has 1 nitrogen and oxygen atoms in total. The number of carbonyl (C=O) groups excluding carboxylic acids is 1. The van der Waals surface area contributed by atoms with Gasteiger partial charge in [-0.05, 0) is 44.4 Å². The first-order chi connectivity index (χ1) is 5.96. The van der Waals surface area contributed by atoms with Crippen LogP contribution in [-0.2, 0) is 4.79 Å².